The molecule has 1 aliphatic heterocycles. The van der Waals surface area contributed by atoms with Crippen molar-refractivity contribution in [3.8, 4) is 0 Å². The maximum atomic E-state index is 12.2. The van der Waals surface area contributed by atoms with Crippen LogP contribution in [0.3, 0.4) is 0 Å². The summed E-state index contributed by atoms with van der Waals surface area (Å²) in [5.41, 5.74) is 0. The molecule has 0 aromatic carbocycles. The molecule has 1 fully saturated rings. The number of carboxylic acid groups (broad SMARTS) is 1. The van der Waals surface area contributed by atoms with Gasteiger partial charge in [-0.15, -0.1) is 0 Å². The van der Waals surface area contributed by atoms with Crippen LogP contribution in [0.5, 0.6) is 0 Å². The van der Waals surface area contributed by atoms with Crippen LogP contribution in [0.4, 0.5) is 4.79 Å². The third-order valence-electron chi connectivity index (χ3n) is 3.15. The Labute approximate surface area is 117 Å². The summed E-state index contributed by atoms with van der Waals surface area (Å²) in [5, 5.41) is 20.6. The van der Waals surface area contributed by atoms with Gasteiger partial charge in [-0.1, -0.05) is 0 Å². The fourth-order valence-corrected chi connectivity index (χ4v) is 2.01. The third-order valence-corrected chi connectivity index (χ3v) is 3.15. The molecule has 0 saturated carbocycles. The molecule has 20 heavy (non-hydrogen) atoms. The maximum Gasteiger partial charge on any atom is 0.320 e. The van der Waals surface area contributed by atoms with E-state index in [1.165, 1.54) is 9.80 Å². The Balaban J connectivity index is 2.71. The molecule has 1 aliphatic rings. The lowest BCUT2D eigenvalue weighted by molar-refractivity contribution is -0.142. The summed E-state index contributed by atoms with van der Waals surface area (Å²) in [4.78, 5) is 37.4. The highest BCUT2D eigenvalue weighted by molar-refractivity contribution is 5.91. The zero-order valence-electron chi connectivity index (χ0n) is 11.7. The van der Waals surface area contributed by atoms with E-state index in [-0.39, 0.29) is 6.54 Å². The van der Waals surface area contributed by atoms with Gasteiger partial charge in [0, 0.05) is 26.7 Å². The molecule has 8 heteroatoms. The Morgan fingerprint density at radius 3 is 2.75 bits per heavy atom. The van der Waals surface area contributed by atoms with Crippen molar-refractivity contribution in [1.82, 2.24) is 15.1 Å². The topological polar surface area (TPSA) is 110 Å². The lowest BCUT2D eigenvalue weighted by Gasteiger charge is -2.36. The van der Waals surface area contributed by atoms with Crippen molar-refractivity contribution in [2.75, 3.05) is 26.7 Å². The van der Waals surface area contributed by atoms with Gasteiger partial charge in [0.2, 0.25) is 5.91 Å². The van der Waals surface area contributed by atoms with E-state index in [4.69, 9.17) is 5.11 Å². The molecule has 0 aromatic heterocycles. The molecule has 0 spiro atoms. The standard InChI is InChI=1S/C12H21N3O5/c1-8(16)3-5-14(2)12(20)15-6-4-13-11(19)9(15)7-10(17)18/h8-9,16H,3-7H2,1-2H3,(H,13,19)(H,17,18). The molecule has 1 rings (SSSR count). The number of nitrogens with zero attached hydrogens (tertiary/aromatic N) is 2. The van der Waals surface area contributed by atoms with Gasteiger partial charge in [-0.25, -0.2) is 4.79 Å². The van der Waals surface area contributed by atoms with E-state index in [2.05, 4.69) is 5.32 Å². The number of hydrogen-bond donors (Lipinski definition) is 3. The molecule has 114 valence electrons. The Bertz CT molecular complexity index is 385. The van der Waals surface area contributed by atoms with Gasteiger partial charge in [0.1, 0.15) is 6.04 Å². The second-order valence-corrected chi connectivity index (χ2v) is 4.94. The molecule has 3 amide bonds. The summed E-state index contributed by atoms with van der Waals surface area (Å²) in [5.74, 6) is -1.58. The Morgan fingerprint density at radius 1 is 1.55 bits per heavy atom. The number of carbonyl (C=O) groups excluding carboxylic acids is 2. The van der Waals surface area contributed by atoms with Crippen molar-refractivity contribution in [1.29, 1.82) is 0 Å². The summed E-state index contributed by atoms with van der Waals surface area (Å²) in [6, 6.07) is -1.38. The van der Waals surface area contributed by atoms with Crippen LogP contribution in [0.15, 0.2) is 0 Å². The van der Waals surface area contributed by atoms with Gasteiger partial charge in [-0.05, 0) is 13.3 Å². The maximum absolute atomic E-state index is 12.2. The highest BCUT2D eigenvalue weighted by Gasteiger charge is 2.35. The molecule has 0 radical (unpaired) electrons. The van der Waals surface area contributed by atoms with E-state index in [1.54, 1.807) is 14.0 Å². The van der Waals surface area contributed by atoms with Gasteiger partial charge < -0.3 is 25.3 Å². The Morgan fingerprint density at radius 2 is 2.20 bits per heavy atom. The third kappa shape index (κ3) is 4.37. The van der Waals surface area contributed by atoms with Crippen LogP contribution in [0.2, 0.25) is 0 Å². The lowest BCUT2D eigenvalue weighted by atomic mass is 10.1. The summed E-state index contributed by atoms with van der Waals surface area (Å²) in [6.07, 6.45) is -0.516. The van der Waals surface area contributed by atoms with Crippen LogP contribution in [0, 0.1) is 0 Å². The zero-order valence-corrected chi connectivity index (χ0v) is 11.7. The number of piperazine rings is 1. The number of hydrogen-bond acceptors (Lipinski definition) is 4. The van der Waals surface area contributed by atoms with Crippen LogP contribution in [0.1, 0.15) is 19.8 Å². The average molecular weight is 287 g/mol. The number of aliphatic hydroxyl groups is 1. The predicted octanol–water partition coefficient (Wildman–Crippen LogP) is -0.916. The van der Waals surface area contributed by atoms with Crippen molar-refractivity contribution in [3.05, 3.63) is 0 Å². The van der Waals surface area contributed by atoms with Crippen LogP contribution in [0.25, 0.3) is 0 Å². The molecule has 1 saturated heterocycles. The number of rotatable bonds is 5. The molecular formula is C12H21N3O5. The van der Waals surface area contributed by atoms with Crippen LogP contribution in [-0.4, -0.2) is 76.7 Å². The highest BCUT2D eigenvalue weighted by atomic mass is 16.4. The summed E-state index contributed by atoms with van der Waals surface area (Å²) in [6.45, 7) is 2.56. The first kappa shape index (κ1) is 16.2. The molecular weight excluding hydrogens is 266 g/mol. The number of aliphatic carboxylic acids is 1. The van der Waals surface area contributed by atoms with Crippen molar-refractivity contribution in [3.63, 3.8) is 0 Å². The first-order valence-electron chi connectivity index (χ1n) is 6.52. The molecule has 1 heterocycles. The minimum Gasteiger partial charge on any atom is -0.481 e. The van der Waals surface area contributed by atoms with E-state index in [9.17, 15) is 19.5 Å². The van der Waals surface area contributed by atoms with Crippen LogP contribution >= 0.6 is 0 Å². The molecule has 0 aromatic rings. The fourth-order valence-electron chi connectivity index (χ4n) is 2.01. The lowest BCUT2D eigenvalue weighted by Crippen LogP contribution is -2.60. The van der Waals surface area contributed by atoms with E-state index < -0.39 is 36.5 Å². The van der Waals surface area contributed by atoms with Crippen molar-refractivity contribution in [2.24, 2.45) is 0 Å². The number of carboxylic acids is 1. The predicted molar refractivity (Wildman–Crippen MR) is 70.1 cm³/mol. The molecule has 3 N–H and O–H groups in total. The summed E-state index contributed by atoms with van der Waals surface area (Å²) in [7, 11) is 1.56. The molecule has 2 unspecified atom stereocenters. The smallest absolute Gasteiger partial charge is 0.320 e. The number of nitrogens with one attached hydrogen (secondary N) is 1. The molecule has 0 aliphatic carbocycles. The van der Waals surface area contributed by atoms with Crippen molar-refractivity contribution >= 4 is 17.9 Å². The van der Waals surface area contributed by atoms with Crippen LogP contribution < -0.4 is 5.32 Å². The van der Waals surface area contributed by atoms with Gasteiger partial charge >= 0.3 is 12.0 Å². The number of aliphatic hydroxyl groups excluding tert-OH is 1. The normalized spacial score (nSPS) is 20.2. The molecule has 8 nitrogen and oxygen atoms in total. The Hall–Kier alpha value is -1.83. The molecule has 0 bridgehead atoms. The minimum absolute atomic E-state index is 0.279. The van der Waals surface area contributed by atoms with Crippen molar-refractivity contribution < 1.29 is 24.6 Å². The zero-order chi connectivity index (χ0) is 15.3. The van der Waals surface area contributed by atoms with E-state index in [0.29, 0.717) is 19.5 Å². The number of urea groups is 1. The van der Waals surface area contributed by atoms with E-state index in [0.717, 1.165) is 0 Å². The average Bonchev–Trinajstić information content (AvgIpc) is 2.37. The van der Waals surface area contributed by atoms with Gasteiger partial charge in [0.05, 0.1) is 12.5 Å². The van der Waals surface area contributed by atoms with Gasteiger partial charge in [-0.2, -0.15) is 0 Å². The highest BCUT2D eigenvalue weighted by Crippen LogP contribution is 2.12. The monoisotopic (exact) mass is 287 g/mol. The second-order valence-electron chi connectivity index (χ2n) is 4.94. The first-order chi connectivity index (χ1) is 9.32. The fraction of sp³-hybridized carbons (Fsp3) is 0.750. The van der Waals surface area contributed by atoms with Gasteiger partial charge in [-0.3, -0.25) is 9.59 Å². The van der Waals surface area contributed by atoms with Crippen LogP contribution in [-0.2, 0) is 9.59 Å². The quantitative estimate of drug-likeness (QED) is 0.606. The number of amides is 3. The first-order valence-corrected chi connectivity index (χ1v) is 6.52. The van der Waals surface area contributed by atoms with E-state index in [1.807, 2.05) is 0 Å². The number of carbonyl (C=O) groups is 3. The summed E-state index contributed by atoms with van der Waals surface area (Å²) < 4.78 is 0. The largest absolute Gasteiger partial charge is 0.481 e. The second kappa shape index (κ2) is 7.09. The molecule has 2 atom stereocenters. The van der Waals surface area contributed by atoms with Gasteiger partial charge in [0.25, 0.3) is 0 Å². The van der Waals surface area contributed by atoms with Crippen molar-refractivity contribution in [2.45, 2.75) is 31.9 Å². The van der Waals surface area contributed by atoms with E-state index >= 15 is 0 Å². The van der Waals surface area contributed by atoms with Gasteiger partial charge in [0.15, 0.2) is 0 Å². The summed E-state index contributed by atoms with van der Waals surface area (Å²) >= 11 is 0. The minimum atomic E-state index is -1.13. The Kier molecular flexibility index (Phi) is 5.75. The SMILES string of the molecule is CC(O)CCN(C)C(=O)N1CCNC(=O)C1CC(=O)O.